The second-order valence-electron chi connectivity index (χ2n) is 5.35. The fourth-order valence-corrected chi connectivity index (χ4v) is 4.57. The first-order chi connectivity index (χ1) is 10.00. The molecule has 4 nitrogen and oxygen atoms in total. The van der Waals surface area contributed by atoms with E-state index in [0.717, 1.165) is 12.0 Å². The number of hydrogen-bond acceptors (Lipinski definition) is 3. The quantitative estimate of drug-likeness (QED) is 0.866. The zero-order valence-corrected chi connectivity index (χ0v) is 12.7. The number of benzene rings is 2. The normalized spacial score (nSPS) is 15.7. The van der Waals surface area contributed by atoms with Crippen LogP contribution in [0.3, 0.4) is 0 Å². The van der Waals surface area contributed by atoms with Gasteiger partial charge in [-0.25, -0.2) is 8.42 Å². The van der Waals surface area contributed by atoms with Crippen LogP contribution in [-0.2, 0) is 23.0 Å². The van der Waals surface area contributed by atoms with Crippen molar-refractivity contribution in [3.63, 3.8) is 0 Å². The van der Waals surface area contributed by atoms with Crippen LogP contribution in [0.25, 0.3) is 0 Å². The average molecular weight is 302 g/mol. The third kappa shape index (κ3) is 2.43. The van der Waals surface area contributed by atoms with Gasteiger partial charge in [0, 0.05) is 13.1 Å². The molecule has 0 spiro atoms. The number of nitrogens with two attached hydrogens (primary N) is 1. The van der Waals surface area contributed by atoms with Crippen LogP contribution in [0.2, 0.25) is 0 Å². The number of hydrogen-bond donors (Lipinski definition) is 1. The van der Waals surface area contributed by atoms with Gasteiger partial charge in [-0.05, 0) is 36.1 Å². The lowest BCUT2D eigenvalue weighted by Crippen LogP contribution is -2.36. The van der Waals surface area contributed by atoms with Gasteiger partial charge < -0.3 is 5.73 Å². The Balaban J connectivity index is 2.01. The van der Waals surface area contributed by atoms with Gasteiger partial charge >= 0.3 is 0 Å². The monoisotopic (exact) mass is 302 g/mol. The van der Waals surface area contributed by atoms with Crippen molar-refractivity contribution in [3.05, 3.63) is 59.2 Å². The highest BCUT2D eigenvalue weighted by Gasteiger charge is 2.30. The first-order valence-electron chi connectivity index (χ1n) is 6.92. The summed E-state index contributed by atoms with van der Waals surface area (Å²) in [4.78, 5) is 0.240. The second-order valence-corrected chi connectivity index (χ2v) is 7.23. The number of aryl methyl sites for hydroxylation is 1. The number of nitrogen functional groups attached to an aromatic ring is 1. The second kappa shape index (κ2) is 5.16. The van der Waals surface area contributed by atoms with Gasteiger partial charge in [-0.1, -0.05) is 36.4 Å². The molecule has 0 fully saturated rings. The molecule has 2 aromatic rings. The molecule has 0 aromatic heterocycles. The van der Waals surface area contributed by atoms with Crippen molar-refractivity contribution in [3.8, 4) is 0 Å². The Morgan fingerprint density at radius 3 is 2.48 bits per heavy atom. The molecule has 1 aliphatic heterocycles. The lowest BCUT2D eigenvalue weighted by Gasteiger charge is -2.29. The van der Waals surface area contributed by atoms with E-state index in [1.807, 2.05) is 18.2 Å². The summed E-state index contributed by atoms with van der Waals surface area (Å²) in [6, 6.07) is 13.2. The third-order valence-electron chi connectivity index (χ3n) is 3.94. The Hall–Kier alpha value is -1.85. The molecule has 0 saturated carbocycles. The SMILES string of the molecule is Cc1cccc(N)c1S(=O)(=O)N1CCc2ccccc2C1. The smallest absolute Gasteiger partial charge is 0.245 e. The minimum Gasteiger partial charge on any atom is -0.398 e. The van der Waals surface area contributed by atoms with E-state index in [0.29, 0.717) is 24.3 Å². The van der Waals surface area contributed by atoms with Gasteiger partial charge in [-0.3, -0.25) is 0 Å². The first kappa shape index (κ1) is 14.1. The van der Waals surface area contributed by atoms with Crippen molar-refractivity contribution in [2.45, 2.75) is 24.8 Å². The summed E-state index contributed by atoms with van der Waals surface area (Å²) < 4.78 is 27.3. The van der Waals surface area contributed by atoms with Gasteiger partial charge in [0.15, 0.2) is 0 Å². The average Bonchev–Trinajstić information content (AvgIpc) is 2.46. The largest absolute Gasteiger partial charge is 0.398 e. The molecule has 2 aromatic carbocycles. The number of anilines is 1. The molecule has 3 rings (SSSR count). The van der Waals surface area contributed by atoms with Crippen LogP contribution in [-0.4, -0.2) is 19.3 Å². The van der Waals surface area contributed by atoms with E-state index in [-0.39, 0.29) is 4.90 Å². The van der Waals surface area contributed by atoms with Gasteiger partial charge in [0.25, 0.3) is 0 Å². The summed E-state index contributed by atoms with van der Waals surface area (Å²) in [5.74, 6) is 0. The Kier molecular flexibility index (Phi) is 3.47. The predicted molar refractivity (Wildman–Crippen MR) is 83.3 cm³/mol. The Morgan fingerprint density at radius 2 is 1.76 bits per heavy atom. The van der Waals surface area contributed by atoms with Crippen LogP contribution in [0, 0.1) is 6.92 Å². The van der Waals surface area contributed by atoms with E-state index in [1.165, 1.54) is 9.87 Å². The first-order valence-corrected chi connectivity index (χ1v) is 8.36. The summed E-state index contributed by atoms with van der Waals surface area (Å²) in [6.45, 7) is 2.68. The zero-order valence-electron chi connectivity index (χ0n) is 11.9. The highest BCUT2D eigenvalue weighted by atomic mass is 32.2. The Morgan fingerprint density at radius 1 is 1.05 bits per heavy atom. The van der Waals surface area contributed by atoms with E-state index in [4.69, 9.17) is 5.73 Å². The lowest BCUT2D eigenvalue weighted by atomic mass is 10.0. The standard InChI is InChI=1S/C16H18N2O2S/c1-12-5-4-8-15(17)16(12)21(19,20)18-10-9-13-6-2-3-7-14(13)11-18/h2-8H,9-11,17H2,1H3. The summed E-state index contributed by atoms with van der Waals surface area (Å²) in [5, 5.41) is 0. The molecule has 0 unspecified atom stereocenters. The number of nitrogens with zero attached hydrogens (tertiary/aromatic N) is 1. The molecule has 2 N–H and O–H groups in total. The van der Waals surface area contributed by atoms with Gasteiger partial charge in [0.1, 0.15) is 4.90 Å². The van der Waals surface area contributed by atoms with Crippen molar-refractivity contribution in [2.75, 3.05) is 12.3 Å². The molecule has 0 aliphatic carbocycles. The maximum absolute atomic E-state index is 12.9. The van der Waals surface area contributed by atoms with Crippen molar-refractivity contribution < 1.29 is 8.42 Å². The maximum Gasteiger partial charge on any atom is 0.245 e. The molecule has 0 amide bonds. The fourth-order valence-electron chi connectivity index (χ4n) is 2.83. The lowest BCUT2D eigenvalue weighted by molar-refractivity contribution is 0.391. The maximum atomic E-state index is 12.9. The highest BCUT2D eigenvalue weighted by molar-refractivity contribution is 7.89. The molecule has 0 bridgehead atoms. The third-order valence-corrected chi connectivity index (χ3v) is 6.00. The van der Waals surface area contributed by atoms with Gasteiger partial charge in [-0.2, -0.15) is 4.31 Å². The molecule has 1 aliphatic rings. The molecular weight excluding hydrogens is 284 g/mol. The van der Waals surface area contributed by atoms with E-state index < -0.39 is 10.0 Å². The zero-order chi connectivity index (χ0) is 15.0. The van der Waals surface area contributed by atoms with Gasteiger partial charge in [0.05, 0.1) is 5.69 Å². The summed E-state index contributed by atoms with van der Waals surface area (Å²) >= 11 is 0. The van der Waals surface area contributed by atoms with Crippen LogP contribution in [0.1, 0.15) is 16.7 Å². The van der Waals surface area contributed by atoms with E-state index >= 15 is 0 Å². The minimum absolute atomic E-state index is 0.240. The highest BCUT2D eigenvalue weighted by Crippen LogP contribution is 2.29. The van der Waals surface area contributed by atoms with Gasteiger partial charge in [-0.15, -0.1) is 0 Å². The Bertz CT molecular complexity index is 764. The van der Waals surface area contributed by atoms with Crippen molar-refractivity contribution in [2.24, 2.45) is 0 Å². The molecule has 0 saturated heterocycles. The molecule has 5 heteroatoms. The van der Waals surface area contributed by atoms with E-state index in [9.17, 15) is 8.42 Å². The van der Waals surface area contributed by atoms with Crippen LogP contribution < -0.4 is 5.73 Å². The molecule has 21 heavy (non-hydrogen) atoms. The van der Waals surface area contributed by atoms with Crippen molar-refractivity contribution >= 4 is 15.7 Å². The molecule has 1 heterocycles. The van der Waals surface area contributed by atoms with Crippen LogP contribution in [0.4, 0.5) is 5.69 Å². The fraction of sp³-hybridized carbons (Fsp3) is 0.250. The minimum atomic E-state index is -3.56. The van der Waals surface area contributed by atoms with E-state index in [1.54, 1.807) is 25.1 Å². The van der Waals surface area contributed by atoms with Gasteiger partial charge in [0.2, 0.25) is 10.0 Å². The molecule has 0 radical (unpaired) electrons. The summed E-state index contributed by atoms with van der Waals surface area (Å²) in [6.07, 6.45) is 0.737. The topological polar surface area (TPSA) is 63.4 Å². The van der Waals surface area contributed by atoms with Crippen molar-refractivity contribution in [1.82, 2.24) is 4.31 Å². The number of fused-ring (bicyclic) bond motifs is 1. The van der Waals surface area contributed by atoms with Crippen molar-refractivity contribution in [1.29, 1.82) is 0 Å². The van der Waals surface area contributed by atoms with Crippen LogP contribution >= 0.6 is 0 Å². The molecule has 110 valence electrons. The van der Waals surface area contributed by atoms with Crippen LogP contribution in [0.5, 0.6) is 0 Å². The predicted octanol–water partition coefficient (Wildman–Crippen LogP) is 2.32. The van der Waals surface area contributed by atoms with Crippen LogP contribution in [0.15, 0.2) is 47.4 Å². The number of sulfonamides is 1. The Labute approximate surface area is 125 Å². The summed E-state index contributed by atoms with van der Waals surface area (Å²) in [7, 11) is -3.56. The number of rotatable bonds is 2. The molecular formula is C16H18N2O2S. The molecule has 0 atom stereocenters. The summed E-state index contributed by atoms with van der Waals surface area (Å²) in [5.41, 5.74) is 9.20. The van der Waals surface area contributed by atoms with E-state index in [2.05, 4.69) is 6.07 Å².